The number of para-hydroxylation sites is 1. The molecular weight excluding hydrogens is 395 g/mol. The summed E-state index contributed by atoms with van der Waals surface area (Å²) in [7, 11) is -0.761. The Morgan fingerprint density at radius 2 is 1.83 bits per heavy atom. The fourth-order valence-corrected chi connectivity index (χ4v) is 3.72. The Bertz CT molecular complexity index is 1190. The van der Waals surface area contributed by atoms with Crippen LogP contribution in [-0.2, 0) is 10.0 Å². The largest absolute Gasteiger partial charge is 0.322 e. The summed E-state index contributed by atoms with van der Waals surface area (Å²) in [5.41, 5.74) is 2.03. The average molecular weight is 416 g/mol. The minimum atomic E-state index is -3.64. The molecule has 0 bridgehead atoms. The third kappa shape index (κ3) is 3.92. The number of anilines is 1. The second-order valence-corrected chi connectivity index (χ2v) is 8.88. The van der Waals surface area contributed by atoms with Gasteiger partial charge in [0.2, 0.25) is 10.0 Å². The summed E-state index contributed by atoms with van der Waals surface area (Å²) >= 11 is 0. The van der Waals surface area contributed by atoms with Crippen LogP contribution in [0.2, 0.25) is 0 Å². The molecule has 0 radical (unpaired) electrons. The van der Waals surface area contributed by atoms with Crippen LogP contribution in [0.1, 0.15) is 21.6 Å². The van der Waals surface area contributed by atoms with E-state index in [0.29, 0.717) is 16.9 Å². The van der Waals surface area contributed by atoms with Crippen LogP contribution in [0.4, 0.5) is 10.1 Å². The second-order valence-electron chi connectivity index (χ2n) is 6.73. The SMILES string of the molecule is Cc1ccc(S(=O)(=O)N(C)C)cc1NC(=O)c1cnn(-c2ccccc2F)c1C. The van der Waals surface area contributed by atoms with Gasteiger partial charge < -0.3 is 5.32 Å². The highest BCUT2D eigenvalue weighted by Crippen LogP contribution is 2.24. The van der Waals surface area contributed by atoms with Crippen molar-refractivity contribution < 1.29 is 17.6 Å². The average Bonchev–Trinajstić information content (AvgIpc) is 3.05. The van der Waals surface area contributed by atoms with Crippen LogP contribution in [0, 0.1) is 19.7 Å². The zero-order valence-corrected chi connectivity index (χ0v) is 17.3. The molecule has 0 aliphatic carbocycles. The number of carbonyl (C=O) groups is 1. The van der Waals surface area contributed by atoms with Gasteiger partial charge in [0.05, 0.1) is 22.3 Å². The normalized spacial score (nSPS) is 11.7. The minimum Gasteiger partial charge on any atom is -0.322 e. The predicted octanol–water partition coefficient (Wildman–Crippen LogP) is 3.13. The fraction of sp³-hybridized carbons (Fsp3) is 0.200. The van der Waals surface area contributed by atoms with Crippen molar-refractivity contribution in [1.29, 1.82) is 0 Å². The van der Waals surface area contributed by atoms with Crippen molar-refractivity contribution in [2.75, 3.05) is 19.4 Å². The number of carbonyl (C=O) groups excluding carboxylic acids is 1. The van der Waals surface area contributed by atoms with Crippen LogP contribution >= 0.6 is 0 Å². The van der Waals surface area contributed by atoms with Gasteiger partial charge in [-0.2, -0.15) is 5.10 Å². The van der Waals surface area contributed by atoms with Crippen LogP contribution in [0.3, 0.4) is 0 Å². The molecule has 2 aromatic carbocycles. The monoisotopic (exact) mass is 416 g/mol. The van der Waals surface area contributed by atoms with Crippen LogP contribution in [0.5, 0.6) is 0 Å². The molecule has 3 rings (SSSR count). The first-order valence-corrected chi connectivity index (χ1v) is 10.2. The first-order chi connectivity index (χ1) is 13.6. The number of halogens is 1. The number of hydrogen-bond donors (Lipinski definition) is 1. The summed E-state index contributed by atoms with van der Waals surface area (Å²) in [6.45, 7) is 3.42. The molecule has 29 heavy (non-hydrogen) atoms. The van der Waals surface area contributed by atoms with Gasteiger partial charge in [-0.1, -0.05) is 18.2 Å². The molecule has 9 heteroatoms. The molecule has 152 valence electrons. The topological polar surface area (TPSA) is 84.3 Å². The molecule has 0 fully saturated rings. The number of hydrogen-bond acceptors (Lipinski definition) is 4. The van der Waals surface area contributed by atoms with E-state index >= 15 is 0 Å². The Morgan fingerprint density at radius 1 is 1.14 bits per heavy atom. The number of amides is 1. The van der Waals surface area contributed by atoms with Crippen LogP contribution in [0.25, 0.3) is 5.69 Å². The van der Waals surface area contributed by atoms with E-state index < -0.39 is 21.7 Å². The lowest BCUT2D eigenvalue weighted by Crippen LogP contribution is -2.22. The lowest BCUT2D eigenvalue weighted by atomic mass is 10.2. The zero-order chi connectivity index (χ0) is 21.3. The molecule has 1 aromatic heterocycles. The molecule has 0 aliphatic rings. The Labute approximate surface area is 168 Å². The molecular formula is C20H21FN4O3S. The molecule has 0 aliphatic heterocycles. The Hall–Kier alpha value is -3.04. The number of nitrogens with one attached hydrogen (secondary N) is 1. The van der Waals surface area contributed by atoms with Gasteiger partial charge in [-0.3, -0.25) is 4.79 Å². The van der Waals surface area contributed by atoms with Crippen LogP contribution in [-0.4, -0.2) is 42.5 Å². The number of nitrogens with zero attached hydrogens (tertiary/aromatic N) is 3. The molecule has 3 aromatic rings. The number of rotatable bonds is 5. The van der Waals surface area contributed by atoms with Crippen molar-refractivity contribution in [3.8, 4) is 5.69 Å². The van der Waals surface area contributed by atoms with Crippen LogP contribution < -0.4 is 5.32 Å². The van der Waals surface area contributed by atoms with E-state index in [1.807, 2.05) is 0 Å². The third-order valence-corrected chi connectivity index (χ3v) is 6.38. The quantitative estimate of drug-likeness (QED) is 0.693. The fourth-order valence-electron chi connectivity index (χ4n) is 2.80. The van der Waals surface area contributed by atoms with Crippen molar-refractivity contribution in [2.45, 2.75) is 18.7 Å². The zero-order valence-electron chi connectivity index (χ0n) is 16.5. The third-order valence-electron chi connectivity index (χ3n) is 4.57. The Kier molecular flexibility index (Phi) is 5.54. The van der Waals surface area contributed by atoms with Gasteiger partial charge in [-0.15, -0.1) is 0 Å². The number of aromatic nitrogens is 2. The first kappa shape index (κ1) is 20.7. The maximum Gasteiger partial charge on any atom is 0.259 e. The first-order valence-electron chi connectivity index (χ1n) is 8.77. The van der Waals surface area contributed by atoms with Crippen LogP contribution in [0.15, 0.2) is 53.6 Å². The summed E-state index contributed by atoms with van der Waals surface area (Å²) < 4.78 is 41.2. The predicted molar refractivity (Wildman–Crippen MR) is 108 cm³/mol. The Morgan fingerprint density at radius 3 is 2.48 bits per heavy atom. The minimum absolute atomic E-state index is 0.0715. The molecule has 0 spiro atoms. The number of aryl methyl sites for hydroxylation is 1. The maximum atomic E-state index is 14.1. The molecule has 0 saturated carbocycles. The summed E-state index contributed by atoms with van der Waals surface area (Å²) in [6.07, 6.45) is 1.35. The Balaban J connectivity index is 1.93. The molecule has 1 heterocycles. The van der Waals surface area contributed by atoms with E-state index in [0.717, 1.165) is 4.31 Å². The molecule has 1 amide bonds. The molecule has 0 saturated heterocycles. The van der Waals surface area contributed by atoms with Crippen molar-refractivity contribution in [2.24, 2.45) is 0 Å². The maximum absolute atomic E-state index is 14.1. The van der Waals surface area contributed by atoms with E-state index in [9.17, 15) is 17.6 Å². The van der Waals surface area contributed by atoms with Gasteiger partial charge in [0.25, 0.3) is 5.91 Å². The highest BCUT2D eigenvalue weighted by Gasteiger charge is 2.21. The van der Waals surface area contributed by atoms with Crippen molar-refractivity contribution >= 4 is 21.6 Å². The van der Waals surface area contributed by atoms with E-state index in [1.165, 1.54) is 43.2 Å². The molecule has 7 nitrogen and oxygen atoms in total. The lowest BCUT2D eigenvalue weighted by molar-refractivity contribution is 0.102. The van der Waals surface area contributed by atoms with Gasteiger partial charge >= 0.3 is 0 Å². The van der Waals surface area contributed by atoms with Gasteiger partial charge in [-0.05, 0) is 43.7 Å². The van der Waals surface area contributed by atoms with Crippen molar-refractivity contribution in [3.63, 3.8) is 0 Å². The number of sulfonamides is 1. The lowest BCUT2D eigenvalue weighted by Gasteiger charge is -2.14. The van der Waals surface area contributed by atoms with E-state index in [1.54, 1.807) is 38.1 Å². The highest BCUT2D eigenvalue weighted by molar-refractivity contribution is 7.89. The summed E-state index contributed by atoms with van der Waals surface area (Å²) in [5.74, 6) is -0.921. The standard InChI is InChI=1S/C20H21FN4O3S/c1-13-9-10-15(29(27,28)24(3)4)11-18(13)23-20(26)16-12-22-25(14(16)2)19-8-6-5-7-17(19)21/h5-12H,1-4H3,(H,23,26). The summed E-state index contributed by atoms with van der Waals surface area (Å²) in [6, 6.07) is 10.7. The van der Waals surface area contributed by atoms with Gasteiger partial charge in [0.1, 0.15) is 11.5 Å². The number of benzene rings is 2. The summed E-state index contributed by atoms with van der Waals surface area (Å²) in [5, 5.41) is 6.85. The molecule has 0 atom stereocenters. The second kappa shape index (κ2) is 7.76. The van der Waals surface area contributed by atoms with Gasteiger partial charge in [-0.25, -0.2) is 21.8 Å². The van der Waals surface area contributed by atoms with E-state index in [2.05, 4.69) is 10.4 Å². The van der Waals surface area contributed by atoms with Gasteiger partial charge in [0.15, 0.2) is 0 Å². The van der Waals surface area contributed by atoms with Crippen molar-refractivity contribution in [3.05, 3.63) is 71.3 Å². The smallest absolute Gasteiger partial charge is 0.259 e. The molecule has 1 N–H and O–H groups in total. The van der Waals surface area contributed by atoms with E-state index in [-0.39, 0.29) is 16.1 Å². The van der Waals surface area contributed by atoms with E-state index in [4.69, 9.17) is 0 Å². The highest BCUT2D eigenvalue weighted by atomic mass is 32.2. The van der Waals surface area contributed by atoms with Crippen molar-refractivity contribution in [1.82, 2.24) is 14.1 Å². The summed E-state index contributed by atoms with van der Waals surface area (Å²) in [4.78, 5) is 12.9. The van der Waals surface area contributed by atoms with Gasteiger partial charge in [0, 0.05) is 19.8 Å². The molecule has 0 unspecified atom stereocenters.